The van der Waals surface area contributed by atoms with Gasteiger partial charge in [0.15, 0.2) is 12.1 Å². The van der Waals surface area contributed by atoms with E-state index in [0.717, 1.165) is 5.56 Å². The fourth-order valence-electron chi connectivity index (χ4n) is 4.12. The molecule has 4 atom stereocenters. The van der Waals surface area contributed by atoms with Crippen molar-refractivity contribution in [2.24, 2.45) is 11.8 Å². The van der Waals surface area contributed by atoms with Crippen LogP contribution in [-0.4, -0.2) is 53.7 Å². The predicted molar refractivity (Wildman–Crippen MR) is 133 cm³/mol. The third-order valence-electron chi connectivity index (χ3n) is 6.06. The van der Waals surface area contributed by atoms with Crippen molar-refractivity contribution in [2.45, 2.75) is 59.3 Å². The van der Waals surface area contributed by atoms with Crippen molar-refractivity contribution in [2.75, 3.05) is 6.61 Å². The lowest BCUT2D eigenvalue weighted by atomic mass is 9.91. The number of benzene rings is 1. The number of H-pyrrole nitrogens is 1. The number of cyclic esters (lactones) is 2. The average molecular weight is 513 g/mol. The van der Waals surface area contributed by atoms with Crippen LogP contribution < -0.4 is 10.9 Å². The van der Waals surface area contributed by atoms with E-state index in [9.17, 15) is 24.0 Å². The van der Waals surface area contributed by atoms with Crippen molar-refractivity contribution in [3.8, 4) is 0 Å². The van der Waals surface area contributed by atoms with E-state index in [2.05, 4.69) is 10.3 Å². The monoisotopic (exact) mass is 512 g/mol. The van der Waals surface area contributed by atoms with Crippen LogP contribution >= 0.6 is 0 Å². The average Bonchev–Trinajstić information content (AvgIpc) is 2.85. The van der Waals surface area contributed by atoms with Gasteiger partial charge in [0, 0.05) is 5.69 Å². The van der Waals surface area contributed by atoms with Gasteiger partial charge in [0.25, 0.3) is 11.5 Å². The zero-order chi connectivity index (χ0) is 27.3. The number of aromatic amines is 1. The van der Waals surface area contributed by atoms with Crippen LogP contribution in [-0.2, 0) is 35.0 Å². The van der Waals surface area contributed by atoms with Gasteiger partial charge in [-0.3, -0.25) is 19.2 Å². The molecule has 1 aliphatic heterocycles. The second-order valence-electron chi connectivity index (χ2n) is 9.49. The summed E-state index contributed by atoms with van der Waals surface area (Å²) in [6, 6.07) is 9.35. The number of carbonyl (C=O) groups is 4. The number of ether oxygens (including phenoxy) is 3. The molecule has 0 aliphatic carbocycles. The van der Waals surface area contributed by atoms with Crippen molar-refractivity contribution in [3.05, 3.63) is 69.1 Å². The van der Waals surface area contributed by atoms with Gasteiger partial charge in [-0.2, -0.15) is 0 Å². The highest BCUT2D eigenvalue weighted by Crippen LogP contribution is 2.24. The quantitative estimate of drug-likeness (QED) is 0.442. The summed E-state index contributed by atoms with van der Waals surface area (Å²) in [5.74, 6) is -4.42. The molecule has 2 aromatic rings. The van der Waals surface area contributed by atoms with Crippen LogP contribution in [0.1, 0.15) is 48.0 Å². The summed E-state index contributed by atoms with van der Waals surface area (Å²) in [6.45, 7) is 7.58. The number of nitrogens with one attached hydrogen (secondary N) is 2. The molecule has 4 unspecified atom stereocenters. The summed E-state index contributed by atoms with van der Waals surface area (Å²) in [6.07, 6.45) is -1.98. The number of esters is 3. The van der Waals surface area contributed by atoms with Gasteiger partial charge in [-0.15, -0.1) is 0 Å². The maximum absolute atomic E-state index is 13.2. The van der Waals surface area contributed by atoms with E-state index in [-0.39, 0.29) is 12.0 Å². The summed E-state index contributed by atoms with van der Waals surface area (Å²) in [5, 5.41) is 2.44. The molecule has 1 aliphatic rings. The summed E-state index contributed by atoms with van der Waals surface area (Å²) < 4.78 is 16.6. The first-order valence-corrected chi connectivity index (χ1v) is 12.1. The van der Waals surface area contributed by atoms with Gasteiger partial charge in [0.2, 0.25) is 0 Å². The van der Waals surface area contributed by atoms with Crippen LogP contribution in [0.4, 0.5) is 0 Å². The summed E-state index contributed by atoms with van der Waals surface area (Å²) in [7, 11) is 0. The standard InChI is InChI=1S/C27H32N2O8/c1-14(2)25(32)37-22-17(5)36-27(34)20(29-24(31)21-15(3)11-16(4)28-23(21)30)13-35-26(33)19(22)12-18-9-7-6-8-10-18/h6-11,14,17,19-20,22H,12-13H2,1-5H3,(H,28,30)(H,29,31). The highest BCUT2D eigenvalue weighted by molar-refractivity contribution is 5.97. The Balaban J connectivity index is 1.89. The second kappa shape index (κ2) is 11.9. The minimum Gasteiger partial charge on any atom is -0.463 e. The first-order chi connectivity index (χ1) is 17.5. The molecular weight excluding hydrogens is 480 g/mol. The second-order valence-corrected chi connectivity index (χ2v) is 9.49. The number of pyridine rings is 1. The van der Waals surface area contributed by atoms with Crippen LogP contribution in [0.2, 0.25) is 0 Å². The van der Waals surface area contributed by atoms with Gasteiger partial charge in [-0.05, 0) is 44.4 Å². The van der Waals surface area contributed by atoms with E-state index < -0.39 is 66.1 Å². The maximum atomic E-state index is 13.2. The van der Waals surface area contributed by atoms with Gasteiger partial charge in [-0.1, -0.05) is 44.2 Å². The summed E-state index contributed by atoms with van der Waals surface area (Å²) in [4.78, 5) is 66.5. The Morgan fingerprint density at radius 1 is 1.11 bits per heavy atom. The first-order valence-electron chi connectivity index (χ1n) is 12.1. The van der Waals surface area contributed by atoms with Crippen LogP contribution in [0.3, 0.4) is 0 Å². The van der Waals surface area contributed by atoms with Crippen molar-refractivity contribution < 1.29 is 33.4 Å². The van der Waals surface area contributed by atoms with Crippen LogP contribution in [0.5, 0.6) is 0 Å². The Labute approximate surface area is 214 Å². The number of amides is 1. The van der Waals surface area contributed by atoms with Crippen molar-refractivity contribution in [3.63, 3.8) is 0 Å². The predicted octanol–water partition coefficient (Wildman–Crippen LogP) is 2.01. The van der Waals surface area contributed by atoms with E-state index in [0.29, 0.717) is 11.3 Å². The lowest BCUT2D eigenvalue weighted by Crippen LogP contribution is -2.47. The van der Waals surface area contributed by atoms with Crippen LogP contribution in [0.15, 0.2) is 41.2 Å². The van der Waals surface area contributed by atoms with Gasteiger partial charge < -0.3 is 24.5 Å². The van der Waals surface area contributed by atoms with E-state index in [1.165, 1.54) is 6.92 Å². The number of rotatable bonds is 6. The van der Waals surface area contributed by atoms with E-state index in [1.807, 2.05) is 30.3 Å². The molecule has 1 saturated heterocycles. The minimum absolute atomic E-state index is 0.164. The first kappa shape index (κ1) is 27.6. The normalized spacial score (nSPS) is 22.2. The highest BCUT2D eigenvalue weighted by atomic mass is 16.6. The third kappa shape index (κ3) is 6.84. The number of hydrogen-bond acceptors (Lipinski definition) is 8. The Morgan fingerprint density at radius 3 is 2.41 bits per heavy atom. The molecule has 2 N–H and O–H groups in total. The molecule has 10 heteroatoms. The summed E-state index contributed by atoms with van der Waals surface area (Å²) in [5.41, 5.74) is 1.02. The van der Waals surface area contributed by atoms with Crippen LogP contribution in [0, 0.1) is 25.7 Å². The molecule has 3 rings (SSSR count). The largest absolute Gasteiger partial charge is 0.463 e. The molecule has 1 fully saturated rings. The van der Waals surface area contributed by atoms with E-state index in [1.54, 1.807) is 33.8 Å². The molecule has 10 nitrogen and oxygen atoms in total. The lowest BCUT2D eigenvalue weighted by molar-refractivity contribution is -0.176. The molecular formula is C27H32N2O8. The zero-order valence-electron chi connectivity index (χ0n) is 21.5. The fourth-order valence-corrected chi connectivity index (χ4v) is 4.12. The molecule has 1 amide bonds. The van der Waals surface area contributed by atoms with Gasteiger partial charge in [0.05, 0.1) is 5.92 Å². The number of carbonyl (C=O) groups excluding carboxylic acids is 4. The van der Waals surface area contributed by atoms with Gasteiger partial charge in [-0.25, -0.2) is 4.79 Å². The SMILES string of the molecule is Cc1cc(C)c(C(=O)NC2COC(=O)C(Cc3ccccc3)C(OC(=O)C(C)C)C(C)OC2=O)c(=O)[nH]1. The highest BCUT2D eigenvalue weighted by Gasteiger charge is 2.42. The summed E-state index contributed by atoms with van der Waals surface area (Å²) >= 11 is 0. The molecule has 1 aromatic heterocycles. The molecule has 2 heterocycles. The Hall–Kier alpha value is -3.95. The molecule has 0 radical (unpaired) electrons. The molecule has 0 bridgehead atoms. The van der Waals surface area contributed by atoms with E-state index >= 15 is 0 Å². The molecule has 0 spiro atoms. The van der Waals surface area contributed by atoms with Crippen molar-refractivity contribution in [1.29, 1.82) is 0 Å². The lowest BCUT2D eigenvalue weighted by Gasteiger charge is -2.29. The van der Waals surface area contributed by atoms with E-state index in [4.69, 9.17) is 14.2 Å². The fraction of sp³-hybridized carbons (Fsp3) is 0.444. The maximum Gasteiger partial charge on any atom is 0.332 e. The van der Waals surface area contributed by atoms with Crippen molar-refractivity contribution in [1.82, 2.24) is 10.3 Å². The minimum atomic E-state index is -1.38. The topological polar surface area (TPSA) is 141 Å². The smallest absolute Gasteiger partial charge is 0.332 e. The Morgan fingerprint density at radius 2 is 1.78 bits per heavy atom. The van der Waals surface area contributed by atoms with Crippen LogP contribution in [0.25, 0.3) is 0 Å². The number of aromatic nitrogens is 1. The number of aryl methyl sites for hydroxylation is 2. The zero-order valence-corrected chi connectivity index (χ0v) is 21.5. The number of hydrogen-bond donors (Lipinski definition) is 2. The van der Waals surface area contributed by atoms with Crippen molar-refractivity contribution >= 4 is 23.8 Å². The Kier molecular flexibility index (Phi) is 8.86. The van der Waals surface area contributed by atoms with Gasteiger partial charge in [0.1, 0.15) is 24.2 Å². The molecule has 37 heavy (non-hydrogen) atoms. The molecule has 1 aromatic carbocycles. The third-order valence-corrected chi connectivity index (χ3v) is 6.06. The Bertz CT molecular complexity index is 1220. The van der Waals surface area contributed by atoms with Gasteiger partial charge >= 0.3 is 17.9 Å². The molecule has 198 valence electrons. The molecule has 0 saturated carbocycles.